The van der Waals surface area contributed by atoms with E-state index in [1.165, 1.54) is 17.4 Å². The van der Waals surface area contributed by atoms with Gasteiger partial charge in [0.15, 0.2) is 0 Å². The number of amides is 2. The van der Waals surface area contributed by atoms with Crippen LogP contribution in [-0.4, -0.2) is 33.1 Å². The minimum absolute atomic E-state index is 0.254. The predicted molar refractivity (Wildman–Crippen MR) is 119 cm³/mol. The second kappa shape index (κ2) is 9.89. The van der Waals surface area contributed by atoms with Gasteiger partial charge in [-0.05, 0) is 36.1 Å². The highest BCUT2D eigenvalue weighted by molar-refractivity contribution is 7.16. The number of carbonyl (C=O) groups is 2. The molecule has 0 aromatic carbocycles. The number of aromatic amines is 1. The second-order valence-corrected chi connectivity index (χ2v) is 8.19. The van der Waals surface area contributed by atoms with E-state index < -0.39 is 6.09 Å². The third kappa shape index (κ3) is 5.19. The number of hydrogen-bond acceptors (Lipinski definition) is 7. The number of H-pyrrole nitrogens is 1. The molecule has 0 bridgehead atoms. The number of ether oxygens (including phenoxy) is 1. The Bertz CT molecular complexity index is 1160. The molecule has 0 aliphatic heterocycles. The van der Waals surface area contributed by atoms with Crippen LogP contribution in [0.15, 0.2) is 43.0 Å². The summed E-state index contributed by atoms with van der Waals surface area (Å²) in [6, 6.07) is 5.83. The molecule has 0 saturated heterocycles. The summed E-state index contributed by atoms with van der Waals surface area (Å²) in [5, 5.41) is 15.6. The lowest BCUT2D eigenvalue weighted by molar-refractivity contribution is -0.111. The summed E-state index contributed by atoms with van der Waals surface area (Å²) in [6.45, 7) is 0.254. The Hall–Kier alpha value is -3.97. The Labute approximate surface area is 188 Å². The number of nitrogens with one attached hydrogen (secondary N) is 3. The predicted octanol–water partition coefficient (Wildman–Crippen LogP) is 3.17. The Morgan fingerprint density at radius 1 is 1.41 bits per heavy atom. The number of nitriles is 1. The molecular weight excluding hydrogens is 428 g/mol. The number of thiophene rings is 1. The van der Waals surface area contributed by atoms with Gasteiger partial charge in [0.2, 0.25) is 5.91 Å². The summed E-state index contributed by atoms with van der Waals surface area (Å²) >= 11 is 1.35. The molecule has 3 heterocycles. The van der Waals surface area contributed by atoms with Crippen molar-refractivity contribution >= 4 is 34.4 Å². The number of alkyl carbamates (subject to hydrolysis) is 1. The number of pyridine rings is 1. The van der Waals surface area contributed by atoms with Gasteiger partial charge in [0, 0.05) is 42.2 Å². The Morgan fingerprint density at radius 3 is 3.06 bits per heavy atom. The van der Waals surface area contributed by atoms with E-state index in [4.69, 9.17) is 4.74 Å². The van der Waals surface area contributed by atoms with Gasteiger partial charge in [0.05, 0.1) is 12.1 Å². The van der Waals surface area contributed by atoms with Crippen molar-refractivity contribution in [3.8, 4) is 6.07 Å². The highest BCUT2D eigenvalue weighted by Gasteiger charge is 2.28. The van der Waals surface area contributed by atoms with Gasteiger partial charge in [0.25, 0.3) is 0 Å². The van der Waals surface area contributed by atoms with E-state index in [9.17, 15) is 14.9 Å². The van der Waals surface area contributed by atoms with Crippen molar-refractivity contribution in [2.45, 2.75) is 31.9 Å². The third-order valence-electron chi connectivity index (χ3n) is 4.91. The molecule has 10 heteroatoms. The van der Waals surface area contributed by atoms with Crippen molar-refractivity contribution in [1.82, 2.24) is 20.3 Å². The molecular formula is C22H20N6O3S. The van der Waals surface area contributed by atoms with Crippen molar-refractivity contribution in [3.63, 3.8) is 0 Å². The van der Waals surface area contributed by atoms with Crippen LogP contribution in [0.2, 0.25) is 0 Å². The minimum Gasteiger partial charge on any atom is -0.446 e. The molecule has 3 aromatic rings. The molecule has 4 rings (SSSR count). The monoisotopic (exact) mass is 448 g/mol. The molecule has 3 N–H and O–H groups in total. The number of rotatable bonds is 6. The fraction of sp³-hybridized carbons (Fsp3) is 0.227. The standard InChI is InChI=1S/C22H20N6O3S/c23-11-17-16-5-4-15(31-22(30)27-13-19-25-8-9-26-19)10-18(16)32-21(17)28-20(29)6-3-14-2-1-7-24-12-14/h1-3,6-9,12,15H,4-5,10,13H2,(H,25,26)(H,27,30)(H,28,29). The first-order valence-electron chi connectivity index (χ1n) is 9.99. The Kier molecular flexibility index (Phi) is 6.57. The van der Waals surface area contributed by atoms with Crippen LogP contribution in [-0.2, 0) is 28.9 Å². The van der Waals surface area contributed by atoms with Gasteiger partial charge in [-0.25, -0.2) is 9.78 Å². The average Bonchev–Trinajstić information content (AvgIpc) is 3.44. The molecule has 9 nitrogen and oxygen atoms in total. The zero-order valence-electron chi connectivity index (χ0n) is 17.0. The van der Waals surface area contributed by atoms with Crippen LogP contribution in [0.1, 0.15) is 33.8 Å². The van der Waals surface area contributed by atoms with Crippen LogP contribution in [0.25, 0.3) is 6.08 Å². The maximum absolute atomic E-state index is 12.3. The topological polar surface area (TPSA) is 133 Å². The van der Waals surface area contributed by atoms with Crippen LogP contribution >= 0.6 is 11.3 Å². The van der Waals surface area contributed by atoms with Crippen molar-refractivity contribution in [3.05, 3.63) is 70.4 Å². The number of imidazole rings is 1. The van der Waals surface area contributed by atoms with Gasteiger partial charge in [-0.3, -0.25) is 9.78 Å². The maximum Gasteiger partial charge on any atom is 0.407 e. The second-order valence-electron chi connectivity index (χ2n) is 7.09. The van der Waals surface area contributed by atoms with Crippen LogP contribution in [0, 0.1) is 11.3 Å². The van der Waals surface area contributed by atoms with E-state index >= 15 is 0 Å². The van der Waals surface area contributed by atoms with E-state index in [1.54, 1.807) is 36.9 Å². The van der Waals surface area contributed by atoms with Gasteiger partial charge >= 0.3 is 6.09 Å². The van der Waals surface area contributed by atoms with Crippen molar-refractivity contribution in [2.75, 3.05) is 5.32 Å². The summed E-state index contributed by atoms with van der Waals surface area (Å²) in [5.41, 5.74) is 2.20. The number of hydrogen-bond donors (Lipinski definition) is 3. The molecule has 162 valence electrons. The van der Waals surface area contributed by atoms with E-state index in [1.807, 2.05) is 6.07 Å². The third-order valence-corrected chi connectivity index (χ3v) is 6.08. The molecule has 32 heavy (non-hydrogen) atoms. The zero-order valence-corrected chi connectivity index (χ0v) is 17.8. The lowest BCUT2D eigenvalue weighted by Gasteiger charge is -2.22. The van der Waals surface area contributed by atoms with E-state index in [2.05, 4.69) is 31.7 Å². The first kappa shape index (κ1) is 21.3. The van der Waals surface area contributed by atoms with Crippen molar-refractivity contribution < 1.29 is 14.3 Å². The fourth-order valence-electron chi connectivity index (χ4n) is 3.41. The number of fused-ring (bicyclic) bond motifs is 1. The normalized spacial score (nSPS) is 15.0. The highest BCUT2D eigenvalue weighted by atomic mass is 32.1. The van der Waals surface area contributed by atoms with Crippen molar-refractivity contribution in [2.24, 2.45) is 0 Å². The first-order valence-corrected chi connectivity index (χ1v) is 10.8. The molecule has 0 fully saturated rings. The molecule has 3 aromatic heterocycles. The smallest absolute Gasteiger partial charge is 0.407 e. The number of anilines is 1. The van der Waals surface area contributed by atoms with Gasteiger partial charge in [-0.2, -0.15) is 5.26 Å². The Balaban J connectivity index is 1.37. The van der Waals surface area contributed by atoms with Crippen LogP contribution < -0.4 is 10.6 Å². The lowest BCUT2D eigenvalue weighted by atomic mass is 9.94. The summed E-state index contributed by atoms with van der Waals surface area (Å²) in [4.78, 5) is 36.3. The minimum atomic E-state index is -0.513. The van der Waals surface area contributed by atoms with Crippen LogP contribution in [0.4, 0.5) is 9.80 Å². The molecule has 1 aliphatic rings. The summed E-state index contributed by atoms with van der Waals surface area (Å²) in [6.07, 6.45) is 10.6. The van der Waals surface area contributed by atoms with Crippen molar-refractivity contribution in [1.29, 1.82) is 5.26 Å². The number of carbonyl (C=O) groups excluding carboxylic acids is 2. The molecule has 0 saturated carbocycles. The summed E-state index contributed by atoms with van der Waals surface area (Å²) < 4.78 is 5.53. The molecule has 0 radical (unpaired) electrons. The van der Waals surface area contributed by atoms with Gasteiger partial charge in [-0.15, -0.1) is 11.3 Å². The maximum atomic E-state index is 12.3. The summed E-state index contributed by atoms with van der Waals surface area (Å²) in [5.74, 6) is 0.316. The summed E-state index contributed by atoms with van der Waals surface area (Å²) in [7, 11) is 0. The molecule has 0 spiro atoms. The Morgan fingerprint density at radius 2 is 2.31 bits per heavy atom. The van der Waals surface area contributed by atoms with Gasteiger partial charge < -0.3 is 20.4 Å². The zero-order chi connectivity index (χ0) is 22.3. The van der Waals surface area contributed by atoms with Crippen LogP contribution in [0.5, 0.6) is 0 Å². The number of nitrogens with zero attached hydrogens (tertiary/aromatic N) is 3. The highest BCUT2D eigenvalue weighted by Crippen LogP contribution is 2.38. The number of aromatic nitrogens is 3. The lowest BCUT2D eigenvalue weighted by Crippen LogP contribution is -2.31. The first-order chi connectivity index (χ1) is 15.6. The average molecular weight is 449 g/mol. The van der Waals surface area contributed by atoms with E-state index in [0.29, 0.717) is 35.7 Å². The molecule has 1 aliphatic carbocycles. The quantitative estimate of drug-likeness (QED) is 0.496. The SMILES string of the molecule is N#Cc1c(NC(=O)C=Cc2cccnc2)sc2c1CCC(OC(=O)NCc1ncc[nH]1)C2. The van der Waals surface area contributed by atoms with Gasteiger partial charge in [-0.1, -0.05) is 6.07 Å². The fourth-order valence-corrected chi connectivity index (χ4v) is 4.67. The molecule has 1 unspecified atom stereocenters. The molecule has 2 amide bonds. The van der Waals surface area contributed by atoms with Crippen LogP contribution in [0.3, 0.4) is 0 Å². The van der Waals surface area contributed by atoms with E-state index in [-0.39, 0.29) is 18.6 Å². The largest absolute Gasteiger partial charge is 0.446 e. The molecule has 1 atom stereocenters. The van der Waals surface area contributed by atoms with Gasteiger partial charge in [0.1, 0.15) is 23.0 Å². The van der Waals surface area contributed by atoms with E-state index in [0.717, 1.165) is 16.0 Å².